The molecule has 3 aliphatic rings. The summed E-state index contributed by atoms with van der Waals surface area (Å²) in [5.74, 6) is -0.355. The minimum absolute atomic E-state index is 0.0584. The minimum atomic E-state index is -0.355. The predicted molar refractivity (Wildman–Crippen MR) is 75.3 cm³/mol. The molecule has 1 saturated carbocycles. The summed E-state index contributed by atoms with van der Waals surface area (Å²) in [5, 5.41) is 0.846. The van der Waals surface area contributed by atoms with E-state index in [0.29, 0.717) is 0 Å². The Morgan fingerprint density at radius 2 is 1.95 bits per heavy atom. The van der Waals surface area contributed by atoms with Crippen LogP contribution in [0.1, 0.15) is 36.8 Å². The van der Waals surface area contributed by atoms with E-state index in [1.165, 1.54) is 11.1 Å². The van der Waals surface area contributed by atoms with Crippen molar-refractivity contribution in [3.05, 3.63) is 40.4 Å². The van der Waals surface area contributed by atoms with Crippen molar-refractivity contribution >= 4 is 17.7 Å². The highest BCUT2D eigenvalue weighted by molar-refractivity contribution is 6.32. The van der Waals surface area contributed by atoms with E-state index in [9.17, 15) is 0 Å². The summed E-state index contributed by atoms with van der Waals surface area (Å²) >= 11 is 6.31. The van der Waals surface area contributed by atoms with Crippen LogP contribution in [0.15, 0.2) is 24.3 Å². The molecule has 1 aromatic rings. The highest BCUT2D eigenvalue weighted by Gasteiger charge is 2.50. The van der Waals surface area contributed by atoms with Gasteiger partial charge in [-0.3, -0.25) is 0 Å². The standard InChI is InChI=1S/C16H17ClO2/c17-14-4-1-3-13-12(14)5-8-15(13)6-2-7-16(11-15)18-9-10-19-16/h1,3-5,8H,2,6-7,9-11H2. The third-order valence-corrected chi connectivity index (χ3v) is 5.07. The van der Waals surface area contributed by atoms with Crippen molar-refractivity contribution in [1.82, 2.24) is 0 Å². The van der Waals surface area contributed by atoms with Crippen LogP contribution in [0.4, 0.5) is 0 Å². The van der Waals surface area contributed by atoms with E-state index >= 15 is 0 Å². The number of benzene rings is 1. The Morgan fingerprint density at radius 1 is 1.11 bits per heavy atom. The Balaban J connectivity index is 1.77. The maximum Gasteiger partial charge on any atom is 0.169 e. The summed E-state index contributed by atoms with van der Waals surface area (Å²) in [4.78, 5) is 0. The van der Waals surface area contributed by atoms with Crippen LogP contribution >= 0.6 is 11.6 Å². The largest absolute Gasteiger partial charge is 0.347 e. The first-order chi connectivity index (χ1) is 9.23. The number of hydrogen-bond donors (Lipinski definition) is 0. The van der Waals surface area contributed by atoms with Crippen LogP contribution in [0.25, 0.3) is 6.08 Å². The van der Waals surface area contributed by atoms with Crippen molar-refractivity contribution in [1.29, 1.82) is 0 Å². The zero-order valence-electron chi connectivity index (χ0n) is 10.8. The third kappa shape index (κ3) is 1.70. The molecule has 0 N–H and O–H groups in total. The lowest BCUT2D eigenvalue weighted by atomic mass is 9.68. The van der Waals surface area contributed by atoms with Crippen LogP contribution in [-0.2, 0) is 14.9 Å². The Kier molecular flexibility index (Phi) is 2.57. The Labute approximate surface area is 118 Å². The van der Waals surface area contributed by atoms with Crippen LogP contribution in [0.5, 0.6) is 0 Å². The second-order valence-corrected chi connectivity index (χ2v) is 6.24. The summed E-state index contributed by atoms with van der Waals surface area (Å²) in [6.07, 6.45) is 8.71. The molecular weight excluding hydrogens is 260 g/mol. The van der Waals surface area contributed by atoms with Crippen molar-refractivity contribution in [2.75, 3.05) is 13.2 Å². The Bertz CT molecular complexity index is 546. The number of rotatable bonds is 0. The molecule has 0 amide bonds. The quantitative estimate of drug-likeness (QED) is 0.715. The van der Waals surface area contributed by atoms with Crippen molar-refractivity contribution in [3.8, 4) is 0 Å². The average molecular weight is 277 g/mol. The maximum absolute atomic E-state index is 6.31. The van der Waals surface area contributed by atoms with Crippen molar-refractivity contribution < 1.29 is 9.47 Å². The van der Waals surface area contributed by atoms with Crippen LogP contribution in [-0.4, -0.2) is 19.0 Å². The summed E-state index contributed by atoms with van der Waals surface area (Å²) in [6, 6.07) is 6.22. The second-order valence-electron chi connectivity index (χ2n) is 5.83. The fourth-order valence-corrected chi connectivity index (χ4v) is 4.16. The molecule has 0 radical (unpaired) electrons. The first-order valence-electron chi connectivity index (χ1n) is 6.99. The van der Waals surface area contributed by atoms with Gasteiger partial charge in [0.05, 0.1) is 13.2 Å². The number of hydrogen-bond acceptors (Lipinski definition) is 2. The number of fused-ring (bicyclic) bond motifs is 2. The molecule has 2 nitrogen and oxygen atoms in total. The molecule has 1 aromatic carbocycles. The molecule has 1 aliphatic heterocycles. The van der Waals surface area contributed by atoms with E-state index in [2.05, 4.69) is 18.2 Å². The molecule has 0 bridgehead atoms. The normalized spacial score (nSPS) is 31.2. The highest BCUT2D eigenvalue weighted by Crippen LogP contribution is 2.52. The van der Waals surface area contributed by atoms with Gasteiger partial charge in [-0.1, -0.05) is 35.9 Å². The van der Waals surface area contributed by atoms with Crippen molar-refractivity contribution in [2.45, 2.75) is 36.9 Å². The predicted octanol–water partition coefficient (Wildman–Crippen LogP) is 3.92. The molecule has 1 unspecified atom stereocenters. The molecule has 100 valence electrons. The third-order valence-electron chi connectivity index (χ3n) is 4.74. The van der Waals surface area contributed by atoms with Gasteiger partial charge in [-0.25, -0.2) is 0 Å². The van der Waals surface area contributed by atoms with Crippen LogP contribution in [0, 0.1) is 0 Å². The van der Waals surface area contributed by atoms with Gasteiger partial charge < -0.3 is 9.47 Å². The number of allylic oxidation sites excluding steroid dienone is 1. The molecule has 1 heterocycles. The lowest BCUT2D eigenvalue weighted by Gasteiger charge is -2.42. The fraction of sp³-hybridized carbons (Fsp3) is 0.500. The first-order valence-corrected chi connectivity index (χ1v) is 7.37. The molecule has 2 fully saturated rings. The van der Waals surface area contributed by atoms with E-state index in [4.69, 9.17) is 21.1 Å². The Morgan fingerprint density at radius 3 is 2.79 bits per heavy atom. The van der Waals surface area contributed by atoms with E-state index in [1.807, 2.05) is 12.1 Å². The average Bonchev–Trinajstić information content (AvgIpc) is 2.98. The highest BCUT2D eigenvalue weighted by atomic mass is 35.5. The van der Waals surface area contributed by atoms with Gasteiger partial charge in [0, 0.05) is 23.3 Å². The summed E-state index contributed by atoms with van der Waals surface area (Å²) in [5.41, 5.74) is 2.58. The molecule has 3 heteroatoms. The van der Waals surface area contributed by atoms with Gasteiger partial charge >= 0.3 is 0 Å². The van der Waals surface area contributed by atoms with Gasteiger partial charge in [-0.15, -0.1) is 0 Å². The van der Waals surface area contributed by atoms with Gasteiger partial charge in [0.15, 0.2) is 5.79 Å². The van der Waals surface area contributed by atoms with Gasteiger partial charge in [0.25, 0.3) is 0 Å². The van der Waals surface area contributed by atoms with E-state index in [0.717, 1.165) is 43.9 Å². The molecule has 4 rings (SSSR count). The van der Waals surface area contributed by atoms with Gasteiger partial charge in [-0.2, -0.15) is 0 Å². The second kappa shape index (κ2) is 4.08. The van der Waals surface area contributed by atoms with Gasteiger partial charge in [-0.05, 0) is 30.0 Å². The van der Waals surface area contributed by atoms with E-state index < -0.39 is 0 Å². The van der Waals surface area contributed by atoms with Crippen molar-refractivity contribution in [2.24, 2.45) is 0 Å². The monoisotopic (exact) mass is 276 g/mol. The van der Waals surface area contributed by atoms with Crippen LogP contribution < -0.4 is 0 Å². The topological polar surface area (TPSA) is 18.5 Å². The van der Waals surface area contributed by atoms with Crippen molar-refractivity contribution in [3.63, 3.8) is 0 Å². The fourth-order valence-electron chi connectivity index (χ4n) is 3.92. The molecule has 1 saturated heterocycles. The molecule has 19 heavy (non-hydrogen) atoms. The van der Waals surface area contributed by atoms with Gasteiger partial charge in [0.1, 0.15) is 0 Å². The lowest BCUT2D eigenvalue weighted by Crippen LogP contribution is -2.43. The number of halogens is 1. The SMILES string of the molecule is Clc1cccc2c1C=CC21CCCC2(C1)OCCO2. The molecule has 0 aromatic heterocycles. The molecule has 2 aliphatic carbocycles. The van der Waals surface area contributed by atoms with Crippen LogP contribution in [0.2, 0.25) is 5.02 Å². The number of ether oxygens (including phenoxy) is 2. The van der Waals surface area contributed by atoms with E-state index in [1.54, 1.807) is 0 Å². The van der Waals surface area contributed by atoms with Gasteiger partial charge in [0.2, 0.25) is 0 Å². The summed E-state index contributed by atoms with van der Waals surface area (Å²) < 4.78 is 11.8. The molecule has 1 atom stereocenters. The minimum Gasteiger partial charge on any atom is -0.347 e. The maximum atomic E-state index is 6.31. The smallest absolute Gasteiger partial charge is 0.169 e. The van der Waals surface area contributed by atoms with E-state index in [-0.39, 0.29) is 11.2 Å². The zero-order valence-corrected chi connectivity index (χ0v) is 11.6. The summed E-state index contributed by atoms with van der Waals surface area (Å²) in [6.45, 7) is 1.45. The lowest BCUT2D eigenvalue weighted by molar-refractivity contribution is -0.187. The zero-order chi connectivity index (χ0) is 12.9. The van der Waals surface area contributed by atoms with Crippen LogP contribution in [0.3, 0.4) is 0 Å². The summed E-state index contributed by atoms with van der Waals surface area (Å²) in [7, 11) is 0. The Hall–Kier alpha value is -0.830. The first kappa shape index (κ1) is 12.0. The molecule has 2 spiro atoms. The molecular formula is C16H17ClO2.